The van der Waals surface area contributed by atoms with Crippen molar-refractivity contribution in [3.63, 3.8) is 0 Å². The molecule has 0 amide bonds. The summed E-state index contributed by atoms with van der Waals surface area (Å²) in [4.78, 5) is 16.8. The standard InChI is InChI=1S/C13H16N4O2/c1-2-16(8-6-14)12-3-4-13(17(18)19)10-5-7-15-9-11(10)12/h3-5,7,9H,2,6,8,14H2,1H3. The fourth-order valence-corrected chi connectivity index (χ4v) is 2.20. The maximum Gasteiger partial charge on any atom is 0.277 e. The summed E-state index contributed by atoms with van der Waals surface area (Å²) < 4.78 is 0. The molecule has 0 aliphatic carbocycles. The molecule has 2 N–H and O–H groups in total. The molecule has 100 valence electrons. The highest BCUT2D eigenvalue weighted by molar-refractivity contribution is 5.99. The van der Waals surface area contributed by atoms with Crippen molar-refractivity contribution in [1.82, 2.24) is 4.98 Å². The second kappa shape index (κ2) is 5.62. The van der Waals surface area contributed by atoms with Crippen LogP contribution >= 0.6 is 0 Å². The molecule has 0 saturated carbocycles. The molecular weight excluding hydrogens is 244 g/mol. The molecule has 0 bridgehead atoms. The van der Waals surface area contributed by atoms with E-state index in [2.05, 4.69) is 9.88 Å². The van der Waals surface area contributed by atoms with Crippen LogP contribution in [-0.4, -0.2) is 29.5 Å². The van der Waals surface area contributed by atoms with E-state index in [-0.39, 0.29) is 10.6 Å². The van der Waals surface area contributed by atoms with Crippen LogP contribution < -0.4 is 10.6 Å². The van der Waals surface area contributed by atoms with E-state index >= 15 is 0 Å². The first-order valence-electron chi connectivity index (χ1n) is 6.15. The minimum atomic E-state index is -0.370. The predicted octanol–water partition coefficient (Wildman–Crippen LogP) is 1.93. The number of pyridine rings is 1. The number of nitrogens with zero attached hydrogens (tertiary/aromatic N) is 3. The van der Waals surface area contributed by atoms with Gasteiger partial charge in [-0.05, 0) is 19.1 Å². The summed E-state index contributed by atoms with van der Waals surface area (Å²) in [7, 11) is 0. The van der Waals surface area contributed by atoms with Gasteiger partial charge in [0.25, 0.3) is 5.69 Å². The topological polar surface area (TPSA) is 85.3 Å². The van der Waals surface area contributed by atoms with Gasteiger partial charge < -0.3 is 10.6 Å². The molecule has 0 unspecified atom stereocenters. The van der Waals surface area contributed by atoms with Gasteiger partial charge in [-0.1, -0.05) is 0 Å². The minimum Gasteiger partial charge on any atom is -0.370 e. The number of nitro benzene ring substituents is 1. The highest BCUT2D eigenvalue weighted by Crippen LogP contribution is 2.32. The summed E-state index contributed by atoms with van der Waals surface area (Å²) in [5.41, 5.74) is 6.63. The van der Waals surface area contributed by atoms with Gasteiger partial charge in [0.2, 0.25) is 0 Å². The van der Waals surface area contributed by atoms with Crippen LogP contribution in [0.3, 0.4) is 0 Å². The Kier molecular flexibility index (Phi) is 3.91. The van der Waals surface area contributed by atoms with E-state index in [0.717, 1.165) is 17.6 Å². The average Bonchev–Trinajstić information content (AvgIpc) is 2.43. The van der Waals surface area contributed by atoms with Crippen molar-refractivity contribution >= 4 is 22.1 Å². The molecule has 6 nitrogen and oxygen atoms in total. The Bertz CT molecular complexity index is 600. The molecule has 1 aromatic heterocycles. The Morgan fingerprint density at radius 1 is 1.37 bits per heavy atom. The van der Waals surface area contributed by atoms with Gasteiger partial charge in [-0.25, -0.2) is 0 Å². The first-order valence-corrected chi connectivity index (χ1v) is 6.15. The van der Waals surface area contributed by atoms with Crippen LogP contribution in [-0.2, 0) is 0 Å². The number of likely N-dealkylation sites (N-methyl/N-ethyl adjacent to an activating group) is 1. The van der Waals surface area contributed by atoms with E-state index in [9.17, 15) is 10.1 Å². The molecule has 2 aromatic rings. The molecule has 1 heterocycles. The van der Waals surface area contributed by atoms with Crippen LogP contribution in [0.1, 0.15) is 6.92 Å². The van der Waals surface area contributed by atoms with Gasteiger partial charge in [0.1, 0.15) is 0 Å². The Morgan fingerprint density at radius 2 is 2.16 bits per heavy atom. The number of hydrogen-bond donors (Lipinski definition) is 1. The number of fused-ring (bicyclic) bond motifs is 1. The van der Waals surface area contributed by atoms with Crippen molar-refractivity contribution in [3.05, 3.63) is 40.7 Å². The Labute approximate surface area is 111 Å². The minimum absolute atomic E-state index is 0.102. The number of anilines is 1. The number of nitro groups is 1. The average molecular weight is 260 g/mol. The van der Waals surface area contributed by atoms with Gasteiger partial charge in [0.15, 0.2) is 0 Å². The van der Waals surface area contributed by atoms with Crippen LogP contribution in [0.2, 0.25) is 0 Å². The van der Waals surface area contributed by atoms with E-state index in [0.29, 0.717) is 18.5 Å². The van der Waals surface area contributed by atoms with Gasteiger partial charge in [-0.2, -0.15) is 0 Å². The maximum atomic E-state index is 11.0. The Hall–Kier alpha value is -2.21. The molecule has 0 aliphatic rings. The fourth-order valence-electron chi connectivity index (χ4n) is 2.20. The molecule has 0 spiro atoms. The predicted molar refractivity (Wildman–Crippen MR) is 75.3 cm³/mol. The molecule has 2 rings (SSSR count). The zero-order valence-corrected chi connectivity index (χ0v) is 10.7. The smallest absolute Gasteiger partial charge is 0.277 e. The van der Waals surface area contributed by atoms with Gasteiger partial charge in [-0.3, -0.25) is 15.1 Å². The van der Waals surface area contributed by atoms with E-state index in [4.69, 9.17) is 5.73 Å². The van der Waals surface area contributed by atoms with E-state index in [1.54, 1.807) is 24.5 Å². The molecule has 0 aliphatic heterocycles. The second-order valence-corrected chi connectivity index (χ2v) is 4.15. The molecule has 1 aromatic carbocycles. The van der Waals surface area contributed by atoms with Gasteiger partial charge >= 0.3 is 0 Å². The van der Waals surface area contributed by atoms with Crippen molar-refractivity contribution in [2.75, 3.05) is 24.5 Å². The van der Waals surface area contributed by atoms with Gasteiger partial charge in [0, 0.05) is 49.2 Å². The number of rotatable bonds is 5. The van der Waals surface area contributed by atoms with Gasteiger partial charge in [-0.15, -0.1) is 0 Å². The number of hydrogen-bond acceptors (Lipinski definition) is 5. The van der Waals surface area contributed by atoms with Crippen molar-refractivity contribution in [2.45, 2.75) is 6.92 Å². The third kappa shape index (κ3) is 2.48. The Balaban J connectivity index is 2.64. The molecule has 19 heavy (non-hydrogen) atoms. The molecule has 0 fully saturated rings. The lowest BCUT2D eigenvalue weighted by Crippen LogP contribution is -2.29. The van der Waals surface area contributed by atoms with Crippen LogP contribution in [0.5, 0.6) is 0 Å². The third-order valence-electron chi connectivity index (χ3n) is 3.09. The lowest BCUT2D eigenvalue weighted by Gasteiger charge is -2.23. The van der Waals surface area contributed by atoms with Crippen molar-refractivity contribution < 1.29 is 4.92 Å². The molecule has 0 saturated heterocycles. The summed E-state index contributed by atoms with van der Waals surface area (Å²) in [5, 5.41) is 12.4. The fraction of sp³-hybridized carbons (Fsp3) is 0.308. The normalized spacial score (nSPS) is 10.6. The highest BCUT2D eigenvalue weighted by atomic mass is 16.6. The van der Waals surface area contributed by atoms with Crippen molar-refractivity contribution in [1.29, 1.82) is 0 Å². The van der Waals surface area contributed by atoms with Crippen LogP contribution in [0.4, 0.5) is 11.4 Å². The van der Waals surface area contributed by atoms with Crippen LogP contribution in [0, 0.1) is 10.1 Å². The largest absolute Gasteiger partial charge is 0.370 e. The number of nitrogens with two attached hydrogens (primary N) is 1. The molecule has 0 atom stereocenters. The van der Waals surface area contributed by atoms with Crippen LogP contribution in [0.25, 0.3) is 10.8 Å². The first kappa shape index (κ1) is 13.2. The lowest BCUT2D eigenvalue weighted by atomic mass is 10.1. The summed E-state index contributed by atoms with van der Waals surface area (Å²) in [5.74, 6) is 0. The quantitative estimate of drug-likeness (QED) is 0.655. The summed E-state index contributed by atoms with van der Waals surface area (Å²) in [6.45, 7) is 4.06. The SMILES string of the molecule is CCN(CCN)c1ccc([N+](=O)[O-])c2ccncc12. The second-order valence-electron chi connectivity index (χ2n) is 4.15. The monoisotopic (exact) mass is 260 g/mol. The van der Waals surface area contributed by atoms with Crippen molar-refractivity contribution in [2.24, 2.45) is 5.73 Å². The molecule has 0 radical (unpaired) electrons. The maximum absolute atomic E-state index is 11.0. The van der Waals surface area contributed by atoms with E-state index in [1.807, 2.05) is 6.92 Å². The third-order valence-corrected chi connectivity index (χ3v) is 3.09. The number of non-ortho nitro benzene ring substituents is 1. The van der Waals surface area contributed by atoms with Crippen LogP contribution in [0.15, 0.2) is 30.6 Å². The van der Waals surface area contributed by atoms with Gasteiger partial charge in [0.05, 0.1) is 10.3 Å². The summed E-state index contributed by atoms with van der Waals surface area (Å²) in [6, 6.07) is 4.98. The van der Waals surface area contributed by atoms with E-state index in [1.165, 1.54) is 6.07 Å². The Morgan fingerprint density at radius 3 is 2.79 bits per heavy atom. The zero-order valence-electron chi connectivity index (χ0n) is 10.7. The van der Waals surface area contributed by atoms with E-state index < -0.39 is 0 Å². The van der Waals surface area contributed by atoms with Crippen molar-refractivity contribution in [3.8, 4) is 0 Å². The first-order chi connectivity index (χ1) is 9.19. The summed E-state index contributed by atoms with van der Waals surface area (Å²) >= 11 is 0. The zero-order chi connectivity index (χ0) is 13.8. The number of benzene rings is 1. The molecule has 6 heteroatoms. The lowest BCUT2D eigenvalue weighted by molar-refractivity contribution is -0.383. The molecular formula is C13H16N4O2. The number of aromatic nitrogens is 1. The highest BCUT2D eigenvalue weighted by Gasteiger charge is 2.16. The summed E-state index contributed by atoms with van der Waals surface area (Å²) in [6.07, 6.45) is 3.23.